The van der Waals surface area contributed by atoms with Crippen molar-refractivity contribution < 1.29 is 19.1 Å². The Morgan fingerprint density at radius 1 is 1.23 bits per heavy atom. The molecule has 2 N–H and O–H groups in total. The van der Waals surface area contributed by atoms with Gasteiger partial charge in [0.05, 0.1) is 0 Å². The molecule has 0 atom stereocenters. The first kappa shape index (κ1) is 23.9. The van der Waals surface area contributed by atoms with Gasteiger partial charge >= 0.3 is 6.09 Å². The number of carbonyl (C=O) groups is 3. The Morgan fingerprint density at radius 2 is 1.93 bits per heavy atom. The number of hydrogen-bond donors (Lipinski definition) is 2. The number of likely N-dealkylation sites (tertiary alicyclic amines) is 1. The van der Waals surface area contributed by atoms with Crippen LogP contribution in [0.25, 0.3) is 6.08 Å². The van der Waals surface area contributed by atoms with Gasteiger partial charge in [0, 0.05) is 42.6 Å². The van der Waals surface area contributed by atoms with Crippen LogP contribution in [0.4, 0.5) is 4.79 Å². The number of carbonyl (C=O) groups excluding carboxylic acids is 3. The fourth-order valence-corrected chi connectivity index (χ4v) is 3.47. The minimum atomic E-state index is -0.562. The summed E-state index contributed by atoms with van der Waals surface area (Å²) < 4.78 is 6.11. The molecule has 0 aromatic heterocycles. The summed E-state index contributed by atoms with van der Waals surface area (Å²) in [6.07, 6.45) is 4.43. The zero-order chi connectivity index (χ0) is 22.1. The van der Waals surface area contributed by atoms with Gasteiger partial charge in [0.15, 0.2) is 0 Å². The Bertz CT molecular complexity index is 781. The van der Waals surface area contributed by atoms with Crippen molar-refractivity contribution in [2.45, 2.75) is 51.7 Å². The molecule has 2 rings (SSSR count). The highest BCUT2D eigenvalue weighted by Crippen LogP contribution is 2.14. The van der Waals surface area contributed by atoms with E-state index in [1.807, 2.05) is 24.3 Å². The first-order valence-corrected chi connectivity index (χ1v) is 10.9. The molecule has 0 saturated carbocycles. The fraction of sp³-hybridized carbons (Fsp3) is 0.500. The van der Waals surface area contributed by atoms with Gasteiger partial charge in [-0.05, 0) is 57.4 Å². The predicted molar refractivity (Wildman–Crippen MR) is 120 cm³/mol. The van der Waals surface area contributed by atoms with Gasteiger partial charge in [-0.2, -0.15) is 0 Å². The zero-order valence-corrected chi connectivity index (χ0v) is 19.3. The molecule has 0 radical (unpaired) electrons. The lowest BCUT2D eigenvalue weighted by Gasteiger charge is -2.32. The van der Waals surface area contributed by atoms with E-state index in [4.69, 9.17) is 4.74 Å². The standard InChI is InChI=1S/C22H30BrN3O4/c1-22(2,3)30-21(29)24-12-9-20(28)26-13-10-18(11-14-26)25-19(27)8-7-16-5-4-6-17(23)15-16/h4-8,15,18H,9-14H2,1-3H3,(H,24,29)(H,25,27)/b8-7+. The van der Waals surface area contributed by atoms with Crippen LogP contribution in [0.15, 0.2) is 34.8 Å². The number of nitrogens with one attached hydrogen (secondary N) is 2. The minimum absolute atomic E-state index is 0.00890. The highest BCUT2D eigenvalue weighted by molar-refractivity contribution is 9.10. The largest absolute Gasteiger partial charge is 0.444 e. The Morgan fingerprint density at radius 3 is 2.57 bits per heavy atom. The molecule has 1 heterocycles. The number of halogens is 1. The van der Waals surface area contributed by atoms with E-state index in [-0.39, 0.29) is 30.8 Å². The van der Waals surface area contributed by atoms with E-state index in [1.165, 1.54) is 6.08 Å². The van der Waals surface area contributed by atoms with Crippen molar-refractivity contribution in [1.29, 1.82) is 0 Å². The maximum atomic E-state index is 12.3. The monoisotopic (exact) mass is 479 g/mol. The first-order chi connectivity index (χ1) is 14.1. The molecule has 0 unspecified atom stereocenters. The molecule has 8 heteroatoms. The lowest BCUT2D eigenvalue weighted by atomic mass is 10.0. The van der Waals surface area contributed by atoms with Crippen LogP contribution in [-0.2, 0) is 14.3 Å². The molecule has 1 aliphatic heterocycles. The average molecular weight is 480 g/mol. The van der Waals surface area contributed by atoms with Gasteiger partial charge in [-0.15, -0.1) is 0 Å². The van der Waals surface area contributed by atoms with Crippen molar-refractivity contribution >= 4 is 39.9 Å². The average Bonchev–Trinajstić information content (AvgIpc) is 2.65. The molecule has 1 aromatic rings. The van der Waals surface area contributed by atoms with Crippen molar-refractivity contribution in [3.05, 3.63) is 40.4 Å². The number of benzene rings is 1. The van der Waals surface area contributed by atoms with Crippen molar-refractivity contribution in [3.8, 4) is 0 Å². The van der Waals surface area contributed by atoms with Gasteiger partial charge < -0.3 is 20.3 Å². The van der Waals surface area contributed by atoms with E-state index >= 15 is 0 Å². The number of ether oxygens (including phenoxy) is 1. The van der Waals surface area contributed by atoms with Crippen LogP contribution in [0, 0.1) is 0 Å². The molecule has 0 aliphatic carbocycles. The van der Waals surface area contributed by atoms with Crippen molar-refractivity contribution in [2.75, 3.05) is 19.6 Å². The summed E-state index contributed by atoms with van der Waals surface area (Å²) >= 11 is 3.41. The summed E-state index contributed by atoms with van der Waals surface area (Å²) in [4.78, 5) is 37.8. The summed E-state index contributed by atoms with van der Waals surface area (Å²) in [5.41, 5.74) is 0.382. The van der Waals surface area contributed by atoms with E-state index in [0.29, 0.717) is 25.9 Å². The fourth-order valence-electron chi connectivity index (χ4n) is 3.05. The van der Waals surface area contributed by atoms with Crippen LogP contribution in [0.1, 0.15) is 45.6 Å². The number of hydrogen-bond acceptors (Lipinski definition) is 4. The third-order valence-electron chi connectivity index (χ3n) is 4.48. The van der Waals surface area contributed by atoms with Gasteiger partial charge in [0.1, 0.15) is 5.60 Å². The number of rotatable bonds is 6. The second-order valence-electron chi connectivity index (χ2n) is 8.23. The second-order valence-corrected chi connectivity index (χ2v) is 9.15. The maximum absolute atomic E-state index is 12.3. The molecular formula is C22H30BrN3O4. The highest BCUT2D eigenvalue weighted by atomic mass is 79.9. The van der Waals surface area contributed by atoms with Crippen molar-refractivity contribution in [1.82, 2.24) is 15.5 Å². The van der Waals surface area contributed by atoms with Crippen molar-refractivity contribution in [2.24, 2.45) is 0 Å². The van der Waals surface area contributed by atoms with Crippen LogP contribution >= 0.6 is 15.9 Å². The quantitative estimate of drug-likeness (QED) is 0.611. The van der Waals surface area contributed by atoms with Crippen LogP contribution in [0.5, 0.6) is 0 Å². The number of nitrogens with zero attached hydrogens (tertiary/aromatic N) is 1. The summed E-state index contributed by atoms with van der Waals surface area (Å²) in [7, 11) is 0. The molecule has 3 amide bonds. The molecule has 1 aliphatic rings. The zero-order valence-electron chi connectivity index (χ0n) is 17.7. The van der Waals surface area contributed by atoms with E-state index in [9.17, 15) is 14.4 Å². The molecule has 0 bridgehead atoms. The molecule has 7 nitrogen and oxygen atoms in total. The third kappa shape index (κ3) is 8.98. The van der Waals surface area contributed by atoms with Gasteiger partial charge in [-0.25, -0.2) is 4.79 Å². The van der Waals surface area contributed by atoms with E-state index in [0.717, 1.165) is 10.0 Å². The molecular weight excluding hydrogens is 450 g/mol. The van der Waals surface area contributed by atoms with Gasteiger partial charge in [0.2, 0.25) is 11.8 Å². The third-order valence-corrected chi connectivity index (χ3v) is 4.97. The molecule has 1 saturated heterocycles. The lowest BCUT2D eigenvalue weighted by Crippen LogP contribution is -2.46. The highest BCUT2D eigenvalue weighted by Gasteiger charge is 2.23. The van der Waals surface area contributed by atoms with Gasteiger partial charge in [0.25, 0.3) is 0 Å². The summed E-state index contributed by atoms with van der Waals surface area (Å²) in [6.45, 7) is 6.79. The Balaban J connectivity index is 1.67. The Kier molecular flexibility index (Phi) is 8.89. The first-order valence-electron chi connectivity index (χ1n) is 10.1. The summed E-state index contributed by atoms with van der Waals surface area (Å²) in [5.74, 6) is -0.147. The smallest absolute Gasteiger partial charge is 0.407 e. The Labute approximate surface area is 186 Å². The molecule has 164 valence electrons. The molecule has 30 heavy (non-hydrogen) atoms. The minimum Gasteiger partial charge on any atom is -0.444 e. The van der Waals surface area contributed by atoms with Crippen molar-refractivity contribution in [3.63, 3.8) is 0 Å². The van der Waals surface area contributed by atoms with Gasteiger partial charge in [-0.3, -0.25) is 9.59 Å². The number of piperidine rings is 1. The van der Waals surface area contributed by atoms with Crippen LogP contribution < -0.4 is 10.6 Å². The number of alkyl carbamates (subject to hydrolysis) is 1. The summed E-state index contributed by atoms with van der Waals surface area (Å²) in [5, 5.41) is 5.59. The molecule has 1 fully saturated rings. The molecule has 0 spiro atoms. The second kappa shape index (κ2) is 11.2. The topological polar surface area (TPSA) is 87.7 Å². The van der Waals surface area contributed by atoms with Crippen LogP contribution in [0.3, 0.4) is 0 Å². The van der Waals surface area contributed by atoms with E-state index in [2.05, 4.69) is 26.6 Å². The van der Waals surface area contributed by atoms with Crippen LogP contribution in [0.2, 0.25) is 0 Å². The van der Waals surface area contributed by atoms with E-state index < -0.39 is 11.7 Å². The van der Waals surface area contributed by atoms with E-state index in [1.54, 1.807) is 31.7 Å². The normalized spacial score (nSPS) is 15.1. The predicted octanol–water partition coefficient (Wildman–Crippen LogP) is 3.48. The van der Waals surface area contributed by atoms with Crippen LogP contribution in [-0.4, -0.2) is 54.1 Å². The van der Waals surface area contributed by atoms with Gasteiger partial charge in [-0.1, -0.05) is 28.1 Å². The lowest BCUT2D eigenvalue weighted by molar-refractivity contribution is -0.132. The molecule has 1 aromatic carbocycles. The summed E-state index contributed by atoms with van der Waals surface area (Å²) in [6, 6.07) is 7.76. The number of amides is 3. The maximum Gasteiger partial charge on any atom is 0.407 e. The SMILES string of the molecule is CC(C)(C)OC(=O)NCCC(=O)N1CCC(NC(=O)/C=C/c2cccc(Br)c2)CC1. The Hall–Kier alpha value is -2.35.